The first-order valence-electron chi connectivity index (χ1n) is 22.1. The number of benzene rings is 13. The van der Waals surface area contributed by atoms with Crippen molar-refractivity contribution in [2.75, 3.05) is 9.80 Å². The van der Waals surface area contributed by atoms with Gasteiger partial charge >= 0.3 is 0 Å². The molecule has 0 bridgehead atoms. The Bertz CT molecular complexity index is 3840. The molecule has 64 heavy (non-hydrogen) atoms. The summed E-state index contributed by atoms with van der Waals surface area (Å²) in [7, 11) is 0. The summed E-state index contributed by atoms with van der Waals surface area (Å²) in [6.07, 6.45) is 0. The quantitative estimate of drug-likeness (QED) is 0.122. The Morgan fingerprint density at radius 1 is 0.172 bits per heavy atom. The molecule has 0 aromatic heterocycles. The molecule has 0 saturated carbocycles. The van der Waals surface area contributed by atoms with Crippen LogP contribution in [0.15, 0.2) is 243 Å². The number of anilines is 6. The molecule has 0 N–H and O–H groups in total. The maximum absolute atomic E-state index is 2.47. The van der Waals surface area contributed by atoms with E-state index in [0.717, 1.165) is 34.1 Å². The van der Waals surface area contributed by atoms with E-state index in [1.807, 2.05) is 0 Å². The van der Waals surface area contributed by atoms with Gasteiger partial charge in [-0.25, -0.2) is 0 Å². The van der Waals surface area contributed by atoms with Crippen LogP contribution in [0.25, 0.3) is 86.2 Å². The summed E-state index contributed by atoms with van der Waals surface area (Å²) in [6.45, 7) is 0. The molecule has 2 nitrogen and oxygen atoms in total. The molecule has 0 fully saturated rings. The molecule has 0 radical (unpaired) electrons. The van der Waals surface area contributed by atoms with Crippen molar-refractivity contribution in [2.45, 2.75) is 0 Å². The monoisotopic (exact) mass is 812 g/mol. The Kier molecular flexibility index (Phi) is 8.25. The van der Waals surface area contributed by atoms with E-state index < -0.39 is 0 Å². The van der Waals surface area contributed by atoms with E-state index >= 15 is 0 Å². The van der Waals surface area contributed by atoms with Gasteiger partial charge in [0.2, 0.25) is 0 Å². The van der Waals surface area contributed by atoms with E-state index in [2.05, 4.69) is 252 Å². The van der Waals surface area contributed by atoms with Gasteiger partial charge in [0.05, 0.1) is 11.4 Å². The molecular weight excluding hydrogens is 773 g/mol. The molecule has 13 aromatic rings. The van der Waals surface area contributed by atoms with Gasteiger partial charge in [-0.05, 0) is 148 Å². The highest BCUT2D eigenvalue weighted by atomic mass is 15.1. The normalized spacial score (nSPS) is 11.8. The highest BCUT2D eigenvalue weighted by molar-refractivity contribution is 6.33. The maximum atomic E-state index is 2.47. The van der Waals surface area contributed by atoms with Crippen molar-refractivity contribution in [2.24, 2.45) is 0 Å². The molecule has 13 rings (SSSR count). The van der Waals surface area contributed by atoms with E-state index in [-0.39, 0.29) is 0 Å². The third-order valence-corrected chi connectivity index (χ3v) is 13.3. The summed E-state index contributed by atoms with van der Waals surface area (Å²) in [5.74, 6) is 0. The Hall–Kier alpha value is -8.46. The fraction of sp³-hybridized carbons (Fsp3) is 0. The number of rotatable bonds is 6. The van der Waals surface area contributed by atoms with E-state index in [9.17, 15) is 0 Å². The smallest absolute Gasteiger partial charge is 0.0540 e. The lowest BCUT2D eigenvalue weighted by molar-refractivity contribution is 1.29. The third kappa shape index (κ3) is 5.66. The Morgan fingerprint density at radius 3 is 0.906 bits per heavy atom. The minimum absolute atomic E-state index is 1.12. The van der Waals surface area contributed by atoms with Crippen LogP contribution in [0.2, 0.25) is 0 Å². The number of fused-ring (bicyclic) bond motifs is 14. The van der Waals surface area contributed by atoms with Crippen LogP contribution in [0.4, 0.5) is 34.1 Å². The van der Waals surface area contributed by atoms with Crippen LogP contribution in [0, 0.1) is 0 Å². The number of hydrogen-bond acceptors (Lipinski definition) is 2. The summed E-state index contributed by atoms with van der Waals surface area (Å²) in [5, 5.41) is 19.9. The average molecular weight is 813 g/mol. The van der Waals surface area contributed by atoms with E-state index in [1.54, 1.807) is 0 Å². The first kappa shape index (κ1) is 36.2. The van der Waals surface area contributed by atoms with Gasteiger partial charge < -0.3 is 9.80 Å². The minimum Gasteiger partial charge on any atom is -0.310 e. The van der Waals surface area contributed by atoms with Gasteiger partial charge in [0, 0.05) is 33.5 Å². The van der Waals surface area contributed by atoms with Crippen LogP contribution in [0.3, 0.4) is 0 Å². The SMILES string of the molecule is c1ccc(N(c2ccccc2)c2ccc3c(c2)c2ccccc2c2cc4c5ccc(N(c6cccc7ccccc67)c6cccc7ccccc67)cc5c5ccccc5c4cc32)cc1. The zero-order valence-electron chi connectivity index (χ0n) is 35.0. The maximum Gasteiger partial charge on any atom is 0.0540 e. The van der Waals surface area contributed by atoms with Crippen LogP contribution in [-0.4, -0.2) is 0 Å². The Balaban J connectivity index is 1.07. The van der Waals surface area contributed by atoms with Gasteiger partial charge in [0.15, 0.2) is 0 Å². The van der Waals surface area contributed by atoms with Crippen LogP contribution < -0.4 is 9.80 Å². The molecule has 298 valence electrons. The first-order valence-corrected chi connectivity index (χ1v) is 22.1. The summed E-state index contributed by atoms with van der Waals surface area (Å²) < 4.78 is 0. The highest BCUT2D eigenvalue weighted by Gasteiger charge is 2.21. The molecule has 0 amide bonds. The van der Waals surface area contributed by atoms with Crippen molar-refractivity contribution in [3.05, 3.63) is 243 Å². The zero-order valence-corrected chi connectivity index (χ0v) is 35.0. The topological polar surface area (TPSA) is 6.48 Å². The van der Waals surface area contributed by atoms with Crippen molar-refractivity contribution in [3.63, 3.8) is 0 Å². The van der Waals surface area contributed by atoms with Crippen molar-refractivity contribution in [1.29, 1.82) is 0 Å². The van der Waals surface area contributed by atoms with Gasteiger partial charge in [-0.1, -0.05) is 170 Å². The lowest BCUT2D eigenvalue weighted by atomic mass is 9.88. The standard InChI is InChI=1S/C62H40N2/c1-3-21-43(22-4-1)63(44-23-5-2-6-24-44)45-33-35-53-55(37-45)49-27-11-13-29-51(49)57-40-60-54-36-34-46(38-56(54)50-28-12-14-30-52(50)58(60)39-59(53)57)64(61-31-15-19-41-17-7-9-25-47(41)61)62-32-16-20-42-18-8-10-26-48(42)62/h1-40H. The molecule has 0 atom stereocenters. The molecule has 2 heteroatoms. The summed E-state index contributed by atoms with van der Waals surface area (Å²) >= 11 is 0. The van der Waals surface area contributed by atoms with Gasteiger partial charge in [0.1, 0.15) is 0 Å². The molecule has 0 saturated heterocycles. The Morgan fingerprint density at radius 2 is 0.484 bits per heavy atom. The fourth-order valence-electron chi connectivity index (χ4n) is 10.5. The van der Waals surface area contributed by atoms with Crippen LogP contribution in [0.1, 0.15) is 0 Å². The molecule has 0 spiro atoms. The Labute approximate surface area is 371 Å². The van der Waals surface area contributed by atoms with Crippen molar-refractivity contribution in [1.82, 2.24) is 0 Å². The highest BCUT2D eigenvalue weighted by Crippen LogP contribution is 2.47. The second-order valence-electron chi connectivity index (χ2n) is 16.8. The molecule has 0 aliphatic heterocycles. The van der Waals surface area contributed by atoms with Crippen molar-refractivity contribution < 1.29 is 0 Å². The largest absolute Gasteiger partial charge is 0.310 e. The lowest BCUT2D eigenvalue weighted by Gasteiger charge is -2.28. The van der Waals surface area contributed by atoms with Gasteiger partial charge in [-0.15, -0.1) is 0 Å². The average Bonchev–Trinajstić information content (AvgIpc) is 3.37. The number of hydrogen-bond donors (Lipinski definition) is 0. The van der Waals surface area contributed by atoms with Crippen LogP contribution >= 0.6 is 0 Å². The fourth-order valence-corrected chi connectivity index (χ4v) is 10.5. The zero-order chi connectivity index (χ0) is 42.1. The third-order valence-electron chi connectivity index (χ3n) is 13.3. The van der Waals surface area contributed by atoms with Crippen LogP contribution in [0.5, 0.6) is 0 Å². The molecule has 0 aliphatic carbocycles. The molecule has 0 aliphatic rings. The van der Waals surface area contributed by atoms with Crippen molar-refractivity contribution in [3.8, 4) is 0 Å². The summed E-state index contributed by atoms with van der Waals surface area (Å²) in [6, 6.07) is 89.1. The van der Waals surface area contributed by atoms with Crippen molar-refractivity contribution >= 4 is 120 Å². The summed E-state index contributed by atoms with van der Waals surface area (Å²) in [5.41, 5.74) is 6.82. The first-order chi connectivity index (χ1) is 31.8. The second-order valence-corrected chi connectivity index (χ2v) is 16.8. The van der Waals surface area contributed by atoms with Gasteiger partial charge in [0.25, 0.3) is 0 Å². The number of para-hydroxylation sites is 2. The van der Waals surface area contributed by atoms with Crippen LogP contribution in [-0.2, 0) is 0 Å². The van der Waals surface area contributed by atoms with Gasteiger partial charge in [-0.3, -0.25) is 0 Å². The van der Waals surface area contributed by atoms with E-state index in [4.69, 9.17) is 0 Å². The predicted molar refractivity (Wildman–Crippen MR) is 276 cm³/mol. The molecular formula is C62H40N2. The second kappa shape index (κ2) is 14.6. The van der Waals surface area contributed by atoms with E-state index in [0.29, 0.717) is 0 Å². The molecule has 0 heterocycles. The number of nitrogens with zero attached hydrogens (tertiary/aromatic N) is 2. The van der Waals surface area contributed by atoms with E-state index in [1.165, 1.54) is 86.2 Å². The predicted octanol–water partition coefficient (Wildman–Crippen LogP) is 17.9. The molecule has 0 unspecified atom stereocenters. The lowest BCUT2D eigenvalue weighted by Crippen LogP contribution is -2.11. The summed E-state index contributed by atoms with van der Waals surface area (Å²) in [4.78, 5) is 4.82. The molecule has 13 aromatic carbocycles. The minimum atomic E-state index is 1.12. The van der Waals surface area contributed by atoms with Gasteiger partial charge in [-0.2, -0.15) is 0 Å².